The third-order valence-electron chi connectivity index (χ3n) is 3.37. The quantitative estimate of drug-likeness (QED) is 0.620. The fourth-order valence-corrected chi connectivity index (χ4v) is 2.45. The van der Waals surface area contributed by atoms with E-state index in [-0.39, 0.29) is 0 Å². The number of rotatable bonds is 1. The third-order valence-corrected chi connectivity index (χ3v) is 3.37. The number of fused-ring (bicyclic) bond motifs is 3. The van der Waals surface area contributed by atoms with Gasteiger partial charge in [0.25, 0.3) is 0 Å². The maximum absolute atomic E-state index is 4.70. The molecule has 3 aromatic rings. The van der Waals surface area contributed by atoms with Gasteiger partial charge in [0, 0.05) is 41.9 Å². The minimum atomic E-state index is 0.990. The van der Waals surface area contributed by atoms with E-state index < -0.39 is 0 Å². The van der Waals surface area contributed by atoms with E-state index in [0.717, 1.165) is 33.2 Å². The molecular weight excluding hydrogens is 234 g/mol. The summed E-state index contributed by atoms with van der Waals surface area (Å²) in [4.78, 5) is 11.5. The minimum absolute atomic E-state index is 0.990. The average molecular weight is 251 g/mol. The lowest BCUT2D eigenvalue weighted by Crippen LogP contribution is -2.10. The summed E-state index contributed by atoms with van der Waals surface area (Å²) in [5.41, 5.74) is 5.21. The van der Waals surface area contributed by atoms with E-state index >= 15 is 0 Å². The van der Waals surface area contributed by atoms with Gasteiger partial charge in [0.1, 0.15) is 0 Å². The molecule has 0 saturated heterocycles. The van der Waals surface area contributed by atoms with Gasteiger partial charge in [-0.2, -0.15) is 0 Å². The van der Waals surface area contributed by atoms with Gasteiger partial charge in [0.15, 0.2) is 0 Å². The number of pyridine rings is 2. The Morgan fingerprint density at radius 1 is 0.842 bits per heavy atom. The number of hydrogen-bond acceptors (Lipinski definition) is 3. The van der Waals surface area contributed by atoms with Crippen molar-refractivity contribution in [3.8, 4) is 0 Å². The number of nitrogens with zero attached hydrogens (tertiary/aromatic N) is 3. The first-order chi connectivity index (χ1) is 9.06. The SMILES string of the molecule is Cc1ccc2ccc3c(N(C)C)cc(C)nc3c2n1. The molecule has 2 aromatic heterocycles. The predicted molar refractivity (Wildman–Crippen MR) is 80.8 cm³/mol. The Hall–Kier alpha value is -2.16. The molecule has 0 aliphatic heterocycles. The van der Waals surface area contributed by atoms with Crippen LogP contribution in [-0.4, -0.2) is 24.1 Å². The van der Waals surface area contributed by atoms with Gasteiger partial charge < -0.3 is 4.90 Å². The predicted octanol–water partition coefficient (Wildman–Crippen LogP) is 3.47. The van der Waals surface area contributed by atoms with Crippen LogP contribution in [0, 0.1) is 13.8 Å². The van der Waals surface area contributed by atoms with Crippen LogP contribution in [0.25, 0.3) is 21.8 Å². The Labute approximate surface area is 112 Å². The first-order valence-electron chi connectivity index (χ1n) is 6.41. The molecule has 19 heavy (non-hydrogen) atoms. The largest absolute Gasteiger partial charge is 0.377 e. The standard InChI is InChI=1S/C16H17N3/c1-10-5-6-12-7-8-13-14(19(3)4)9-11(2)18-16(13)15(12)17-10/h5-9H,1-4H3. The molecule has 0 saturated carbocycles. The molecule has 3 nitrogen and oxygen atoms in total. The van der Waals surface area contributed by atoms with Crippen LogP contribution in [0.4, 0.5) is 5.69 Å². The molecule has 96 valence electrons. The van der Waals surface area contributed by atoms with Crippen molar-refractivity contribution in [3.63, 3.8) is 0 Å². The summed E-state index contributed by atoms with van der Waals surface area (Å²) in [6.07, 6.45) is 0. The summed E-state index contributed by atoms with van der Waals surface area (Å²) < 4.78 is 0. The molecule has 0 fully saturated rings. The zero-order valence-corrected chi connectivity index (χ0v) is 11.7. The summed E-state index contributed by atoms with van der Waals surface area (Å²) in [6.45, 7) is 4.04. The van der Waals surface area contributed by atoms with Crippen molar-refractivity contribution in [2.45, 2.75) is 13.8 Å². The summed E-state index contributed by atoms with van der Waals surface area (Å²) in [7, 11) is 4.12. The van der Waals surface area contributed by atoms with Crippen LogP contribution in [-0.2, 0) is 0 Å². The van der Waals surface area contributed by atoms with Crippen LogP contribution < -0.4 is 4.90 Å². The van der Waals surface area contributed by atoms with Gasteiger partial charge >= 0.3 is 0 Å². The van der Waals surface area contributed by atoms with Crippen molar-refractivity contribution in [1.82, 2.24) is 9.97 Å². The zero-order valence-electron chi connectivity index (χ0n) is 11.7. The second-order valence-electron chi connectivity index (χ2n) is 5.16. The summed E-state index contributed by atoms with van der Waals surface area (Å²) in [6, 6.07) is 10.5. The van der Waals surface area contributed by atoms with Crippen LogP contribution in [0.3, 0.4) is 0 Å². The first-order valence-corrected chi connectivity index (χ1v) is 6.41. The van der Waals surface area contributed by atoms with Crippen LogP contribution in [0.15, 0.2) is 30.3 Å². The van der Waals surface area contributed by atoms with Gasteiger partial charge in [-0.05, 0) is 32.0 Å². The number of aryl methyl sites for hydroxylation is 2. The Kier molecular flexibility index (Phi) is 2.63. The van der Waals surface area contributed by atoms with Crippen molar-refractivity contribution in [2.75, 3.05) is 19.0 Å². The van der Waals surface area contributed by atoms with E-state index in [0.29, 0.717) is 0 Å². The van der Waals surface area contributed by atoms with Crippen molar-refractivity contribution in [2.24, 2.45) is 0 Å². The highest BCUT2D eigenvalue weighted by molar-refractivity contribution is 6.07. The number of hydrogen-bond donors (Lipinski definition) is 0. The van der Waals surface area contributed by atoms with Crippen molar-refractivity contribution in [1.29, 1.82) is 0 Å². The normalized spacial score (nSPS) is 11.2. The lowest BCUT2D eigenvalue weighted by atomic mass is 10.1. The Morgan fingerprint density at radius 3 is 2.26 bits per heavy atom. The van der Waals surface area contributed by atoms with Crippen molar-refractivity contribution >= 4 is 27.5 Å². The Balaban J connectivity index is 2.51. The Bertz CT molecular complexity index is 776. The van der Waals surface area contributed by atoms with Gasteiger partial charge in [-0.1, -0.05) is 12.1 Å². The van der Waals surface area contributed by atoms with Crippen LogP contribution in [0.2, 0.25) is 0 Å². The molecule has 0 aliphatic rings. The molecule has 3 heteroatoms. The lowest BCUT2D eigenvalue weighted by molar-refractivity contribution is 1.12. The van der Waals surface area contributed by atoms with Gasteiger partial charge in [-0.15, -0.1) is 0 Å². The molecule has 0 amide bonds. The fourth-order valence-electron chi connectivity index (χ4n) is 2.45. The highest BCUT2D eigenvalue weighted by atomic mass is 15.1. The second kappa shape index (κ2) is 4.19. The van der Waals surface area contributed by atoms with Gasteiger partial charge in [-0.25, -0.2) is 0 Å². The second-order valence-corrected chi connectivity index (χ2v) is 5.16. The van der Waals surface area contributed by atoms with E-state index in [9.17, 15) is 0 Å². The molecular formula is C16H17N3. The lowest BCUT2D eigenvalue weighted by Gasteiger charge is -2.16. The van der Waals surface area contributed by atoms with Gasteiger partial charge in [-0.3, -0.25) is 9.97 Å². The molecule has 0 radical (unpaired) electrons. The topological polar surface area (TPSA) is 29.0 Å². The van der Waals surface area contributed by atoms with E-state index in [1.807, 2.05) is 19.9 Å². The fraction of sp³-hybridized carbons (Fsp3) is 0.250. The van der Waals surface area contributed by atoms with Crippen LogP contribution in [0.1, 0.15) is 11.4 Å². The van der Waals surface area contributed by atoms with E-state index in [1.165, 1.54) is 5.69 Å². The smallest absolute Gasteiger partial charge is 0.0988 e. The molecule has 0 spiro atoms. The first kappa shape index (κ1) is 11.9. The number of aromatic nitrogens is 2. The molecule has 3 rings (SSSR count). The summed E-state index contributed by atoms with van der Waals surface area (Å²) >= 11 is 0. The number of benzene rings is 1. The van der Waals surface area contributed by atoms with E-state index in [1.54, 1.807) is 0 Å². The third kappa shape index (κ3) is 1.91. The minimum Gasteiger partial charge on any atom is -0.377 e. The molecule has 0 aliphatic carbocycles. The van der Waals surface area contributed by atoms with Crippen LogP contribution >= 0.6 is 0 Å². The zero-order chi connectivity index (χ0) is 13.6. The summed E-state index contributed by atoms with van der Waals surface area (Å²) in [5, 5.41) is 2.29. The number of anilines is 1. The maximum Gasteiger partial charge on any atom is 0.0988 e. The summed E-state index contributed by atoms with van der Waals surface area (Å²) in [5.74, 6) is 0. The molecule has 0 bridgehead atoms. The van der Waals surface area contributed by atoms with Crippen molar-refractivity contribution < 1.29 is 0 Å². The molecule has 0 N–H and O–H groups in total. The highest BCUT2D eigenvalue weighted by Gasteiger charge is 2.10. The van der Waals surface area contributed by atoms with Crippen molar-refractivity contribution in [3.05, 3.63) is 41.7 Å². The molecule has 0 unspecified atom stereocenters. The molecule has 1 aromatic carbocycles. The Morgan fingerprint density at radius 2 is 1.53 bits per heavy atom. The molecule has 2 heterocycles. The van der Waals surface area contributed by atoms with E-state index in [4.69, 9.17) is 4.98 Å². The molecule has 0 atom stereocenters. The van der Waals surface area contributed by atoms with Gasteiger partial charge in [0.2, 0.25) is 0 Å². The van der Waals surface area contributed by atoms with E-state index in [2.05, 4.69) is 48.2 Å². The average Bonchev–Trinajstić information content (AvgIpc) is 2.37. The maximum atomic E-state index is 4.70. The van der Waals surface area contributed by atoms with Gasteiger partial charge in [0.05, 0.1) is 11.0 Å². The monoisotopic (exact) mass is 251 g/mol. The van der Waals surface area contributed by atoms with Crippen LogP contribution in [0.5, 0.6) is 0 Å². The highest BCUT2D eigenvalue weighted by Crippen LogP contribution is 2.30.